The predicted octanol–water partition coefficient (Wildman–Crippen LogP) is 4.15. The molecule has 0 fully saturated rings. The van der Waals surface area contributed by atoms with Crippen LogP contribution in [0.25, 0.3) is 10.2 Å². The van der Waals surface area contributed by atoms with Crippen LogP contribution in [0.3, 0.4) is 0 Å². The number of nitrogens with zero attached hydrogens (tertiary/aromatic N) is 3. The molecule has 3 aromatic heterocycles. The molecule has 0 saturated carbocycles. The minimum atomic E-state index is -0.160. The summed E-state index contributed by atoms with van der Waals surface area (Å²) in [6.45, 7) is 9.74. The van der Waals surface area contributed by atoms with Gasteiger partial charge in [0.25, 0.3) is 5.56 Å². The van der Waals surface area contributed by atoms with Gasteiger partial charge in [-0.25, -0.2) is 9.97 Å². The molecule has 0 aliphatic rings. The number of nitrogens with one attached hydrogen (secondary N) is 1. The van der Waals surface area contributed by atoms with Gasteiger partial charge in [-0.3, -0.25) is 14.2 Å². The van der Waals surface area contributed by atoms with Gasteiger partial charge in [-0.1, -0.05) is 11.8 Å². The Morgan fingerprint density at radius 1 is 1.31 bits per heavy atom. The summed E-state index contributed by atoms with van der Waals surface area (Å²) in [5.74, 6) is 0.0136. The van der Waals surface area contributed by atoms with Crippen molar-refractivity contribution in [1.82, 2.24) is 14.5 Å². The van der Waals surface area contributed by atoms with Gasteiger partial charge in [-0.2, -0.15) is 0 Å². The molecule has 0 atom stereocenters. The van der Waals surface area contributed by atoms with Crippen LogP contribution >= 0.6 is 34.4 Å². The van der Waals surface area contributed by atoms with E-state index in [0.717, 1.165) is 21.0 Å². The van der Waals surface area contributed by atoms with E-state index in [1.54, 1.807) is 4.57 Å². The second kappa shape index (κ2) is 7.50. The number of carbonyl (C=O) groups is 1. The van der Waals surface area contributed by atoms with Crippen LogP contribution in [0.15, 0.2) is 15.3 Å². The summed E-state index contributed by atoms with van der Waals surface area (Å²) in [5, 5.41) is 6.51. The lowest BCUT2D eigenvalue weighted by Crippen LogP contribution is -2.25. The number of amides is 1. The highest BCUT2D eigenvalue weighted by Gasteiger charge is 2.19. The molecular formula is C17H20N4O2S3. The number of anilines is 1. The molecule has 1 N–H and O–H groups in total. The van der Waals surface area contributed by atoms with Crippen LogP contribution in [-0.4, -0.2) is 26.2 Å². The van der Waals surface area contributed by atoms with Crippen LogP contribution in [0.4, 0.5) is 5.13 Å². The van der Waals surface area contributed by atoms with Gasteiger partial charge in [-0.15, -0.1) is 22.7 Å². The van der Waals surface area contributed by atoms with Gasteiger partial charge in [0.1, 0.15) is 4.83 Å². The van der Waals surface area contributed by atoms with E-state index in [1.807, 2.05) is 40.0 Å². The van der Waals surface area contributed by atoms with Gasteiger partial charge in [0.05, 0.1) is 16.8 Å². The van der Waals surface area contributed by atoms with Crippen LogP contribution in [0, 0.1) is 20.8 Å². The first-order chi connectivity index (χ1) is 12.3. The zero-order chi connectivity index (χ0) is 19.0. The topological polar surface area (TPSA) is 76.9 Å². The van der Waals surface area contributed by atoms with Crippen molar-refractivity contribution in [2.24, 2.45) is 0 Å². The number of thioether (sulfide) groups is 1. The summed E-state index contributed by atoms with van der Waals surface area (Å²) in [6, 6.07) is -0.0359. The maximum Gasteiger partial charge on any atom is 0.263 e. The van der Waals surface area contributed by atoms with Gasteiger partial charge in [0.15, 0.2) is 10.3 Å². The maximum absolute atomic E-state index is 13.0. The van der Waals surface area contributed by atoms with Crippen molar-refractivity contribution in [2.45, 2.75) is 45.8 Å². The molecular weight excluding hydrogens is 388 g/mol. The van der Waals surface area contributed by atoms with Crippen LogP contribution in [0.2, 0.25) is 0 Å². The maximum atomic E-state index is 13.0. The Morgan fingerprint density at radius 3 is 2.65 bits per heavy atom. The smallest absolute Gasteiger partial charge is 0.263 e. The lowest BCUT2D eigenvalue weighted by molar-refractivity contribution is -0.113. The van der Waals surface area contributed by atoms with E-state index in [0.29, 0.717) is 15.7 Å². The predicted molar refractivity (Wildman–Crippen MR) is 110 cm³/mol. The van der Waals surface area contributed by atoms with E-state index in [9.17, 15) is 9.59 Å². The number of thiophene rings is 1. The van der Waals surface area contributed by atoms with Crippen LogP contribution in [0.5, 0.6) is 0 Å². The van der Waals surface area contributed by atoms with E-state index in [-0.39, 0.29) is 23.3 Å². The second-order valence-corrected chi connectivity index (χ2v) is 9.26. The lowest BCUT2D eigenvalue weighted by Gasteiger charge is -2.15. The molecule has 138 valence electrons. The molecule has 1 amide bonds. The number of hydrogen-bond acceptors (Lipinski definition) is 7. The van der Waals surface area contributed by atoms with E-state index >= 15 is 0 Å². The van der Waals surface area contributed by atoms with E-state index < -0.39 is 0 Å². The van der Waals surface area contributed by atoms with Crippen LogP contribution < -0.4 is 10.9 Å². The van der Waals surface area contributed by atoms with Crippen molar-refractivity contribution in [3.8, 4) is 0 Å². The molecule has 0 saturated heterocycles. The molecule has 6 nitrogen and oxygen atoms in total. The van der Waals surface area contributed by atoms with Gasteiger partial charge in [-0.05, 0) is 40.2 Å². The molecule has 26 heavy (non-hydrogen) atoms. The molecule has 0 unspecified atom stereocenters. The zero-order valence-corrected chi connectivity index (χ0v) is 17.7. The molecule has 3 heterocycles. The molecule has 0 bridgehead atoms. The molecule has 9 heteroatoms. The summed E-state index contributed by atoms with van der Waals surface area (Å²) in [5.41, 5.74) is 1.83. The fourth-order valence-electron chi connectivity index (χ4n) is 2.54. The fraction of sp³-hybridized carbons (Fsp3) is 0.412. The Morgan fingerprint density at radius 2 is 2.04 bits per heavy atom. The molecule has 0 aliphatic carbocycles. The molecule has 0 aliphatic heterocycles. The standard InChI is InChI=1S/C17H20N4O2S3/c1-8(2)21-15(23)13-10(4)11(5)26-14(13)20-17(21)25-7-12(22)19-16-18-9(3)6-24-16/h6,8H,7H2,1-5H3,(H,18,19,22). The largest absolute Gasteiger partial charge is 0.301 e. The Balaban J connectivity index is 1.88. The first kappa shape index (κ1) is 19.1. The third kappa shape index (κ3) is 3.70. The highest BCUT2D eigenvalue weighted by Crippen LogP contribution is 2.29. The number of carbonyl (C=O) groups excluding carboxylic acids is 1. The molecule has 3 aromatic rings. The number of thiazole rings is 1. The van der Waals surface area contributed by atoms with Crippen molar-refractivity contribution in [3.63, 3.8) is 0 Å². The Labute approximate surface area is 163 Å². The van der Waals surface area contributed by atoms with Crippen molar-refractivity contribution in [1.29, 1.82) is 0 Å². The molecule has 3 rings (SSSR count). The van der Waals surface area contributed by atoms with Crippen molar-refractivity contribution < 1.29 is 4.79 Å². The SMILES string of the molecule is Cc1csc(NC(=O)CSc2nc3sc(C)c(C)c3c(=O)n2C(C)C)n1. The third-order valence-corrected chi connectivity index (χ3v) is 6.85. The van der Waals surface area contributed by atoms with E-state index in [2.05, 4.69) is 15.3 Å². The van der Waals surface area contributed by atoms with Crippen molar-refractivity contribution in [3.05, 3.63) is 31.9 Å². The summed E-state index contributed by atoms with van der Waals surface area (Å²) < 4.78 is 1.67. The summed E-state index contributed by atoms with van der Waals surface area (Å²) in [4.78, 5) is 35.9. The summed E-state index contributed by atoms with van der Waals surface area (Å²) in [6.07, 6.45) is 0. The monoisotopic (exact) mass is 408 g/mol. The number of aryl methyl sites for hydroxylation is 3. The molecule has 0 aromatic carbocycles. The van der Waals surface area contributed by atoms with Crippen molar-refractivity contribution in [2.75, 3.05) is 11.1 Å². The van der Waals surface area contributed by atoms with Gasteiger partial charge in [0.2, 0.25) is 5.91 Å². The van der Waals surface area contributed by atoms with Crippen LogP contribution in [-0.2, 0) is 4.79 Å². The number of aromatic nitrogens is 3. The Bertz CT molecular complexity index is 1030. The Hall–Kier alpha value is -1.71. The van der Waals surface area contributed by atoms with Gasteiger partial charge in [0, 0.05) is 16.3 Å². The van der Waals surface area contributed by atoms with E-state index in [1.165, 1.54) is 34.4 Å². The van der Waals surface area contributed by atoms with Crippen molar-refractivity contribution >= 4 is 55.7 Å². The number of rotatable bonds is 5. The highest BCUT2D eigenvalue weighted by atomic mass is 32.2. The number of hydrogen-bond donors (Lipinski definition) is 1. The normalized spacial score (nSPS) is 11.5. The minimum absolute atomic E-state index is 0.0359. The minimum Gasteiger partial charge on any atom is -0.301 e. The quantitative estimate of drug-likeness (QED) is 0.507. The molecule has 0 spiro atoms. The first-order valence-corrected chi connectivity index (χ1v) is 10.8. The average molecular weight is 409 g/mol. The fourth-order valence-corrected chi connectivity index (χ4v) is 5.24. The van der Waals surface area contributed by atoms with E-state index in [4.69, 9.17) is 0 Å². The lowest BCUT2D eigenvalue weighted by atomic mass is 10.2. The van der Waals surface area contributed by atoms with Crippen LogP contribution in [0.1, 0.15) is 36.0 Å². The average Bonchev–Trinajstić information content (AvgIpc) is 3.08. The number of fused-ring (bicyclic) bond motifs is 1. The first-order valence-electron chi connectivity index (χ1n) is 8.15. The Kier molecular flexibility index (Phi) is 5.50. The van der Waals surface area contributed by atoms with Gasteiger partial charge < -0.3 is 5.32 Å². The highest BCUT2D eigenvalue weighted by molar-refractivity contribution is 7.99. The zero-order valence-electron chi connectivity index (χ0n) is 15.2. The summed E-state index contributed by atoms with van der Waals surface area (Å²) >= 11 is 4.19. The summed E-state index contributed by atoms with van der Waals surface area (Å²) in [7, 11) is 0. The molecule has 0 radical (unpaired) electrons. The second-order valence-electron chi connectivity index (χ2n) is 6.26. The van der Waals surface area contributed by atoms with Gasteiger partial charge >= 0.3 is 0 Å². The third-order valence-electron chi connectivity index (χ3n) is 3.92.